The summed E-state index contributed by atoms with van der Waals surface area (Å²) in [6, 6.07) is 5.10. The molecule has 2 aliphatic rings. The van der Waals surface area contributed by atoms with Crippen LogP contribution in [0.5, 0.6) is 0 Å². The minimum absolute atomic E-state index is 0.0511. The van der Waals surface area contributed by atoms with Crippen molar-refractivity contribution in [3.8, 4) is 0 Å². The summed E-state index contributed by atoms with van der Waals surface area (Å²) in [5, 5.41) is 5.97. The predicted octanol–water partition coefficient (Wildman–Crippen LogP) is 3.45. The zero-order chi connectivity index (χ0) is 15.0. The number of hydrogen-bond acceptors (Lipinski definition) is 2. The fourth-order valence-electron chi connectivity index (χ4n) is 3.20. The molecular weight excluding hydrogens is 288 g/mol. The van der Waals surface area contributed by atoms with E-state index in [1.165, 1.54) is 6.92 Å². The smallest absolute Gasteiger partial charge is 0.228 e. The Labute approximate surface area is 128 Å². The summed E-state index contributed by atoms with van der Waals surface area (Å²) < 4.78 is 0. The van der Waals surface area contributed by atoms with Gasteiger partial charge in [-0.05, 0) is 42.9 Å². The topological polar surface area (TPSA) is 58.2 Å². The molecule has 4 nitrogen and oxygen atoms in total. The van der Waals surface area contributed by atoms with Crippen LogP contribution in [0, 0.1) is 17.8 Å². The van der Waals surface area contributed by atoms with E-state index in [0.717, 1.165) is 12.8 Å². The summed E-state index contributed by atoms with van der Waals surface area (Å²) in [6.45, 7) is 1.43. The highest BCUT2D eigenvalue weighted by molar-refractivity contribution is 6.34. The summed E-state index contributed by atoms with van der Waals surface area (Å²) in [5.74, 6) is 0.882. The predicted molar refractivity (Wildman–Crippen MR) is 83.2 cm³/mol. The molecule has 0 heterocycles. The van der Waals surface area contributed by atoms with Crippen molar-refractivity contribution in [2.75, 3.05) is 10.6 Å². The van der Waals surface area contributed by atoms with Gasteiger partial charge in [0.25, 0.3) is 0 Å². The van der Waals surface area contributed by atoms with Crippen LogP contribution in [0.25, 0.3) is 0 Å². The van der Waals surface area contributed by atoms with Gasteiger partial charge >= 0.3 is 0 Å². The molecule has 1 aromatic carbocycles. The number of anilines is 2. The van der Waals surface area contributed by atoms with E-state index in [1.54, 1.807) is 18.2 Å². The van der Waals surface area contributed by atoms with Crippen molar-refractivity contribution in [1.82, 2.24) is 0 Å². The van der Waals surface area contributed by atoms with Gasteiger partial charge < -0.3 is 10.6 Å². The monoisotopic (exact) mass is 304 g/mol. The molecule has 2 aliphatic carbocycles. The number of carbonyl (C=O) groups excluding carboxylic acids is 2. The Morgan fingerprint density at radius 1 is 1.19 bits per heavy atom. The largest absolute Gasteiger partial charge is 0.326 e. The van der Waals surface area contributed by atoms with Gasteiger partial charge in [-0.25, -0.2) is 0 Å². The third-order valence-electron chi connectivity index (χ3n) is 4.16. The number of halogens is 1. The van der Waals surface area contributed by atoms with Gasteiger partial charge in [-0.1, -0.05) is 23.8 Å². The number of hydrogen-bond donors (Lipinski definition) is 2. The Bertz CT molecular complexity index is 627. The summed E-state index contributed by atoms with van der Waals surface area (Å²) in [7, 11) is 0. The number of carbonyl (C=O) groups is 2. The van der Waals surface area contributed by atoms with Crippen LogP contribution in [0.3, 0.4) is 0 Å². The fraction of sp³-hybridized carbons (Fsp3) is 0.375. The summed E-state index contributed by atoms with van der Waals surface area (Å²) in [4.78, 5) is 23.4. The molecule has 0 radical (unpaired) electrons. The number of allylic oxidation sites excluding steroid dienone is 2. The molecule has 0 spiro atoms. The van der Waals surface area contributed by atoms with Crippen molar-refractivity contribution in [2.24, 2.45) is 17.8 Å². The quantitative estimate of drug-likeness (QED) is 0.840. The van der Waals surface area contributed by atoms with E-state index < -0.39 is 0 Å². The van der Waals surface area contributed by atoms with Crippen LogP contribution in [-0.2, 0) is 9.59 Å². The Balaban J connectivity index is 1.68. The molecule has 2 N–H and O–H groups in total. The maximum Gasteiger partial charge on any atom is 0.228 e. The normalized spacial score (nSPS) is 25.9. The summed E-state index contributed by atoms with van der Waals surface area (Å²) in [5.41, 5.74) is 1.20. The first kappa shape index (κ1) is 14.1. The second-order valence-corrected chi connectivity index (χ2v) is 6.16. The van der Waals surface area contributed by atoms with Crippen molar-refractivity contribution in [3.05, 3.63) is 35.4 Å². The molecular formula is C16H17ClN2O2. The highest BCUT2D eigenvalue weighted by Crippen LogP contribution is 2.43. The minimum atomic E-state index is -0.178. The second-order valence-electron chi connectivity index (χ2n) is 5.75. The van der Waals surface area contributed by atoms with Crippen molar-refractivity contribution < 1.29 is 9.59 Å². The van der Waals surface area contributed by atoms with Crippen LogP contribution in [0.2, 0.25) is 5.02 Å². The van der Waals surface area contributed by atoms with Gasteiger partial charge in [-0.3, -0.25) is 9.59 Å². The maximum absolute atomic E-state index is 12.3. The number of amides is 2. The average molecular weight is 305 g/mol. The van der Waals surface area contributed by atoms with Gasteiger partial charge in [-0.2, -0.15) is 0 Å². The van der Waals surface area contributed by atoms with Gasteiger partial charge in [0.15, 0.2) is 0 Å². The molecule has 110 valence electrons. The molecule has 0 saturated heterocycles. The number of benzene rings is 1. The zero-order valence-electron chi connectivity index (χ0n) is 11.7. The molecule has 21 heavy (non-hydrogen) atoms. The highest BCUT2D eigenvalue weighted by Gasteiger charge is 2.39. The van der Waals surface area contributed by atoms with E-state index in [9.17, 15) is 9.59 Å². The molecule has 0 aliphatic heterocycles. The van der Waals surface area contributed by atoms with Crippen LogP contribution in [-0.4, -0.2) is 11.8 Å². The Kier molecular flexibility index (Phi) is 3.72. The summed E-state index contributed by atoms with van der Waals surface area (Å²) in [6.07, 6.45) is 6.41. The third kappa shape index (κ3) is 2.95. The standard InChI is InChI=1S/C16H17ClN2O2/c1-9(20)18-15-5-4-12(8-14(15)17)19-16(21)13-7-10-2-3-11(13)6-10/h2-5,8,10-11,13H,6-7H2,1H3,(H,18,20)(H,19,21)/t10-,11-,13+/m0/s1. The Morgan fingerprint density at radius 3 is 2.57 bits per heavy atom. The molecule has 5 heteroatoms. The van der Waals surface area contributed by atoms with Gasteiger partial charge in [0.1, 0.15) is 0 Å². The lowest BCUT2D eigenvalue weighted by Gasteiger charge is -2.18. The number of nitrogens with one attached hydrogen (secondary N) is 2. The van der Waals surface area contributed by atoms with Crippen LogP contribution in [0.15, 0.2) is 30.4 Å². The lowest BCUT2D eigenvalue weighted by molar-refractivity contribution is -0.120. The van der Waals surface area contributed by atoms with Crippen LogP contribution in [0.4, 0.5) is 11.4 Å². The Morgan fingerprint density at radius 2 is 2.00 bits per heavy atom. The van der Waals surface area contributed by atoms with E-state index in [4.69, 9.17) is 11.6 Å². The van der Waals surface area contributed by atoms with Crippen molar-refractivity contribution in [1.29, 1.82) is 0 Å². The molecule has 1 saturated carbocycles. The molecule has 1 fully saturated rings. The first-order valence-electron chi connectivity index (χ1n) is 7.09. The summed E-state index contributed by atoms with van der Waals surface area (Å²) >= 11 is 6.10. The fourth-order valence-corrected chi connectivity index (χ4v) is 3.43. The molecule has 2 amide bonds. The second kappa shape index (κ2) is 5.53. The van der Waals surface area contributed by atoms with Crippen molar-refractivity contribution in [2.45, 2.75) is 19.8 Å². The van der Waals surface area contributed by atoms with E-state index >= 15 is 0 Å². The van der Waals surface area contributed by atoms with E-state index in [0.29, 0.717) is 28.2 Å². The molecule has 0 unspecified atom stereocenters. The van der Waals surface area contributed by atoms with Crippen LogP contribution < -0.4 is 10.6 Å². The lowest BCUT2D eigenvalue weighted by atomic mass is 9.93. The molecule has 2 bridgehead atoms. The first-order chi connectivity index (χ1) is 10.0. The van der Waals surface area contributed by atoms with Crippen LogP contribution >= 0.6 is 11.6 Å². The number of fused-ring (bicyclic) bond motifs is 2. The van der Waals surface area contributed by atoms with Crippen LogP contribution in [0.1, 0.15) is 19.8 Å². The molecule has 1 aromatic rings. The minimum Gasteiger partial charge on any atom is -0.326 e. The number of rotatable bonds is 3. The SMILES string of the molecule is CC(=O)Nc1ccc(NC(=O)[C@@H]2C[C@H]3C=C[C@H]2C3)cc1Cl. The van der Waals surface area contributed by atoms with Gasteiger partial charge in [0.2, 0.25) is 11.8 Å². The first-order valence-corrected chi connectivity index (χ1v) is 7.47. The van der Waals surface area contributed by atoms with Gasteiger partial charge in [0, 0.05) is 18.5 Å². The highest BCUT2D eigenvalue weighted by atomic mass is 35.5. The Hall–Kier alpha value is -1.81. The zero-order valence-corrected chi connectivity index (χ0v) is 12.5. The maximum atomic E-state index is 12.3. The van der Waals surface area contributed by atoms with E-state index in [1.807, 2.05) is 0 Å². The lowest BCUT2D eigenvalue weighted by Crippen LogP contribution is -2.25. The van der Waals surface area contributed by atoms with Crippen molar-refractivity contribution in [3.63, 3.8) is 0 Å². The average Bonchev–Trinajstić information content (AvgIpc) is 3.04. The van der Waals surface area contributed by atoms with Gasteiger partial charge in [-0.15, -0.1) is 0 Å². The molecule has 3 atom stereocenters. The van der Waals surface area contributed by atoms with Crippen molar-refractivity contribution >= 4 is 34.8 Å². The molecule has 3 rings (SSSR count). The van der Waals surface area contributed by atoms with E-state index in [2.05, 4.69) is 22.8 Å². The van der Waals surface area contributed by atoms with E-state index in [-0.39, 0.29) is 17.7 Å². The molecule has 0 aromatic heterocycles. The van der Waals surface area contributed by atoms with Gasteiger partial charge in [0.05, 0.1) is 10.7 Å². The third-order valence-corrected chi connectivity index (χ3v) is 4.48.